The molecule has 0 saturated carbocycles. The smallest absolute Gasteiger partial charge is 0.325 e. The second kappa shape index (κ2) is 4.12. The van der Waals surface area contributed by atoms with E-state index < -0.39 is 11.5 Å². The molecule has 0 aromatic carbocycles. The molecule has 17 heavy (non-hydrogen) atoms. The van der Waals surface area contributed by atoms with Crippen LogP contribution in [0.5, 0.6) is 0 Å². The second-order valence-electron chi connectivity index (χ2n) is 4.41. The predicted molar refractivity (Wildman–Crippen MR) is 64.1 cm³/mol. The first-order valence-corrected chi connectivity index (χ1v) is 6.23. The van der Waals surface area contributed by atoms with Gasteiger partial charge in [-0.25, -0.2) is 0 Å². The first-order valence-electron chi connectivity index (χ1n) is 5.28. The number of thiophene rings is 1. The summed E-state index contributed by atoms with van der Waals surface area (Å²) in [7, 11) is 0. The molecule has 1 aliphatic heterocycles. The molecule has 1 atom stereocenters. The van der Waals surface area contributed by atoms with Gasteiger partial charge in [0.05, 0.1) is 5.56 Å². The van der Waals surface area contributed by atoms with Crippen molar-refractivity contribution in [3.63, 3.8) is 0 Å². The number of nitrogens with two attached hydrogens (primary N) is 1. The van der Waals surface area contributed by atoms with E-state index in [-0.39, 0.29) is 12.5 Å². The van der Waals surface area contributed by atoms with Gasteiger partial charge in [0.2, 0.25) is 0 Å². The van der Waals surface area contributed by atoms with Crippen molar-refractivity contribution in [3.05, 3.63) is 21.9 Å². The molecule has 2 heterocycles. The maximum atomic E-state index is 12.1. The van der Waals surface area contributed by atoms with E-state index in [0.29, 0.717) is 18.5 Å². The summed E-state index contributed by atoms with van der Waals surface area (Å²) in [5, 5.41) is 12.7. The highest BCUT2D eigenvalue weighted by molar-refractivity contribution is 7.08. The molecule has 1 fully saturated rings. The van der Waals surface area contributed by atoms with Crippen molar-refractivity contribution < 1.29 is 14.7 Å². The third kappa shape index (κ3) is 2.05. The average Bonchev–Trinajstić information content (AvgIpc) is 2.85. The molecule has 5 nitrogen and oxygen atoms in total. The maximum Gasteiger partial charge on any atom is 0.325 e. The number of likely N-dealkylation sites (tertiary alicyclic amines) is 1. The lowest BCUT2D eigenvalue weighted by Gasteiger charge is -2.20. The van der Waals surface area contributed by atoms with Crippen LogP contribution in [0.1, 0.15) is 22.3 Å². The summed E-state index contributed by atoms with van der Waals surface area (Å²) >= 11 is 1.46. The number of nitrogens with zero attached hydrogens (tertiary/aromatic N) is 1. The highest BCUT2D eigenvalue weighted by atomic mass is 32.1. The molecule has 1 aromatic rings. The molecule has 2 rings (SSSR count). The molecule has 0 aliphatic carbocycles. The Bertz CT molecular complexity index is 471. The Kier molecular flexibility index (Phi) is 2.92. The van der Waals surface area contributed by atoms with Crippen LogP contribution in [0.4, 0.5) is 0 Å². The van der Waals surface area contributed by atoms with Gasteiger partial charge >= 0.3 is 5.97 Å². The number of carbonyl (C=O) groups excluding carboxylic acids is 1. The summed E-state index contributed by atoms with van der Waals surface area (Å²) in [6.45, 7) is 2.35. The molecule has 1 saturated heterocycles. The third-order valence-electron chi connectivity index (χ3n) is 3.10. The quantitative estimate of drug-likeness (QED) is 0.813. The fraction of sp³-hybridized carbons (Fsp3) is 0.455. The average molecular weight is 254 g/mol. The van der Waals surface area contributed by atoms with Crippen LogP contribution in [0.2, 0.25) is 0 Å². The van der Waals surface area contributed by atoms with E-state index >= 15 is 0 Å². The molecule has 92 valence electrons. The topological polar surface area (TPSA) is 83.6 Å². The van der Waals surface area contributed by atoms with Crippen LogP contribution in [0, 0.1) is 6.92 Å². The standard InChI is InChI=1S/C11H14N2O3S/c1-7-4-17-5-8(7)9(14)13-3-2-11(12,6-13)10(15)16/h4-5H,2-3,6,12H2,1H3,(H,15,16). The predicted octanol–water partition coefficient (Wildman–Crippen LogP) is 0.685. The summed E-state index contributed by atoms with van der Waals surface area (Å²) in [5.74, 6) is -1.17. The number of carbonyl (C=O) groups is 2. The summed E-state index contributed by atoms with van der Waals surface area (Å²) in [6.07, 6.45) is 0.303. The van der Waals surface area contributed by atoms with Gasteiger partial charge in [-0.1, -0.05) is 0 Å². The minimum absolute atomic E-state index is 0.0798. The van der Waals surface area contributed by atoms with Crippen LogP contribution in [-0.2, 0) is 4.79 Å². The molecule has 0 bridgehead atoms. The molecule has 0 radical (unpaired) electrons. The number of aliphatic carboxylic acids is 1. The van der Waals surface area contributed by atoms with Crippen molar-refractivity contribution in [2.24, 2.45) is 5.73 Å². The molecule has 3 N–H and O–H groups in total. The molecular weight excluding hydrogens is 240 g/mol. The molecule has 1 unspecified atom stereocenters. The van der Waals surface area contributed by atoms with Gasteiger partial charge in [0.25, 0.3) is 5.91 Å². The van der Waals surface area contributed by atoms with Crippen molar-refractivity contribution in [1.29, 1.82) is 0 Å². The number of carboxylic acids is 1. The number of rotatable bonds is 2. The Hall–Kier alpha value is -1.40. The lowest BCUT2D eigenvalue weighted by Crippen LogP contribution is -2.50. The Morgan fingerprint density at radius 2 is 2.24 bits per heavy atom. The van der Waals surface area contributed by atoms with Crippen LogP contribution in [-0.4, -0.2) is 40.5 Å². The zero-order chi connectivity index (χ0) is 12.6. The minimum atomic E-state index is -1.29. The van der Waals surface area contributed by atoms with Gasteiger partial charge < -0.3 is 15.7 Å². The summed E-state index contributed by atoms with van der Waals surface area (Å²) in [4.78, 5) is 24.6. The fourth-order valence-electron chi connectivity index (χ4n) is 1.93. The van der Waals surface area contributed by atoms with Crippen LogP contribution >= 0.6 is 11.3 Å². The lowest BCUT2D eigenvalue weighted by atomic mass is 10.0. The first kappa shape index (κ1) is 12.1. The normalized spacial score (nSPS) is 24.0. The van der Waals surface area contributed by atoms with Crippen molar-refractivity contribution in [3.8, 4) is 0 Å². The molecule has 0 spiro atoms. The van der Waals surface area contributed by atoms with E-state index in [0.717, 1.165) is 5.56 Å². The van der Waals surface area contributed by atoms with E-state index in [1.807, 2.05) is 12.3 Å². The molecule has 1 aliphatic rings. The zero-order valence-electron chi connectivity index (χ0n) is 9.47. The SMILES string of the molecule is Cc1cscc1C(=O)N1CCC(N)(C(=O)O)C1. The van der Waals surface area contributed by atoms with Crippen LogP contribution < -0.4 is 5.73 Å². The summed E-state index contributed by atoms with van der Waals surface area (Å²) in [5.41, 5.74) is 6.00. The second-order valence-corrected chi connectivity index (χ2v) is 5.15. The van der Waals surface area contributed by atoms with Gasteiger partial charge in [-0.3, -0.25) is 9.59 Å². The molecule has 1 amide bonds. The zero-order valence-corrected chi connectivity index (χ0v) is 10.3. The Morgan fingerprint density at radius 1 is 1.53 bits per heavy atom. The van der Waals surface area contributed by atoms with Crippen molar-refractivity contribution in [2.45, 2.75) is 18.9 Å². The Labute approximate surface area is 103 Å². The van der Waals surface area contributed by atoms with Crippen LogP contribution in [0.3, 0.4) is 0 Å². The number of carboxylic acid groups (broad SMARTS) is 1. The highest BCUT2D eigenvalue weighted by Crippen LogP contribution is 2.23. The number of amides is 1. The number of hydrogen-bond donors (Lipinski definition) is 2. The molecular formula is C11H14N2O3S. The van der Waals surface area contributed by atoms with E-state index in [2.05, 4.69) is 0 Å². The Balaban J connectivity index is 2.15. The summed E-state index contributed by atoms with van der Waals surface area (Å²) < 4.78 is 0. The van der Waals surface area contributed by atoms with Gasteiger partial charge in [-0.2, -0.15) is 11.3 Å². The monoisotopic (exact) mass is 254 g/mol. The van der Waals surface area contributed by atoms with Crippen molar-refractivity contribution in [2.75, 3.05) is 13.1 Å². The lowest BCUT2D eigenvalue weighted by molar-refractivity contribution is -0.142. The molecule has 6 heteroatoms. The maximum absolute atomic E-state index is 12.1. The van der Waals surface area contributed by atoms with Gasteiger partial charge in [0.15, 0.2) is 0 Å². The molecule has 1 aromatic heterocycles. The summed E-state index contributed by atoms with van der Waals surface area (Å²) in [6, 6.07) is 0. The van der Waals surface area contributed by atoms with Crippen LogP contribution in [0.15, 0.2) is 10.8 Å². The third-order valence-corrected chi connectivity index (χ3v) is 3.96. The van der Waals surface area contributed by atoms with Gasteiger partial charge in [0, 0.05) is 18.5 Å². The van der Waals surface area contributed by atoms with Gasteiger partial charge in [-0.05, 0) is 24.3 Å². The van der Waals surface area contributed by atoms with E-state index in [9.17, 15) is 9.59 Å². The highest BCUT2D eigenvalue weighted by Gasteiger charge is 2.43. The van der Waals surface area contributed by atoms with Gasteiger partial charge in [0.1, 0.15) is 5.54 Å². The minimum Gasteiger partial charge on any atom is -0.480 e. The van der Waals surface area contributed by atoms with Gasteiger partial charge in [-0.15, -0.1) is 0 Å². The van der Waals surface area contributed by atoms with E-state index in [1.54, 1.807) is 5.38 Å². The van der Waals surface area contributed by atoms with Crippen molar-refractivity contribution in [1.82, 2.24) is 4.90 Å². The largest absolute Gasteiger partial charge is 0.480 e. The fourth-order valence-corrected chi connectivity index (χ4v) is 2.75. The van der Waals surface area contributed by atoms with Crippen LogP contribution in [0.25, 0.3) is 0 Å². The number of hydrogen-bond acceptors (Lipinski definition) is 4. The number of aryl methyl sites for hydroxylation is 1. The Morgan fingerprint density at radius 3 is 2.71 bits per heavy atom. The van der Waals surface area contributed by atoms with E-state index in [1.165, 1.54) is 16.2 Å². The first-order chi connectivity index (χ1) is 7.94. The van der Waals surface area contributed by atoms with E-state index in [4.69, 9.17) is 10.8 Å². The van der Waals surface area contributed by atoms with Crippen molar-refractivity contribution >= 4 is 23.2 Å².